The lowest BCUT2D eigenvalue weighted by Crippen LogP contribution is -2.42. The molecule has 0 spiro atoms. The molecule has 1 amide bonds. The molecule has 2 aliphatic rings. The van der Waals surface area contributed by atoms with Crippen LogP contribution in [0.15, 0.2) is 30.3 Å². The monoisotopic (exact) mass is 357 g/mol. The predicted octanol–water partition coefficient (Wildman–Crippen LogP) is 4.08. The molecule has 0 bridgehead atoms. The molecule has 2 fully saturated rings. The molecule has 1 aromatic heterocycles. The number of benzene rings is 1. The second kappa shape index (κ2) is 6.49. The molecule has 4 nitrogen and oxygen atoms in total. The van der Waals surface area contributed by atoms with Crippen LogP contribution in [0.25, 0.3) is 0 Å². The van der Waals surface area contributed by atoms with Crippen LogP contribution in [-0.4, -0.2) is 15.7 Å². The lowest BCUT2D eigenvalue weighted by Gasteiger charge is -2.28. The number of carbonyl (C=O) groups excluding carboxylic acids is 1. The minimum atomic E-state index is -0.418. The van der Waals surface area contributed by atoms with Gasteiger partial charge in [-0.05, 0) is 49.4 Å². The molecule has 132 valence electrons. The Balaban J connectivity index is 1.49. The van der Waals surface area contributed by atoms with Gasteiger partial charge < -0.3 is 5.32 Å². The van der Waals surface area contributed by atoms with Gasteiger partial charge in [-0.25, -0.2) is 0 Å². The summed E-state index contributed by atoms with van der Waals surface area (Å²) in [6.07, 6.45) is 6.49. The van der Waals surface area contributed by atoms with E-state index in [1.54, 1.807) is 0 Å². The van der Waals surface area contributed by atoms with E-state index >= 15 is 0 Å². The van der Waals surface area contributed by atoms with Crippen molar-refractivity contribution in [3.8, 4) is 0 Å². The van der Waals surface area contributed by atoms with Crippen molar-refractivity contribution < 1.29 is 4.79 Å². The van der Waals surface area contributed by atoms with Crippen molar-refractivity contribution in [2.24, 2.45) is 7.05 Å². The van der Waals surface area contributed by atoms with Crippen LogP contribution in [0.3, 0.4) is 0 Å². The molecule has 1 heterocycles. The van der Waals surface area contributed by atoms with Crippen molar-refractivity contribution in [2.75, 3.05) is 0 Å². The summed E-state index contributed by atoms with van der Waals surface area (Å²) in [5.41, 5.74) is 2.89. The zero-order valence-corrected chi connectivity index (χ0v) is 15.4. The number of hydrogen-bond acceptors (Lipinski definition) is 2. The van der Waals surface area contributed by atoms with Crippen LogP contribution in [0.5, 0.6) is 0 Å². The van der Waals surface area contributed by atoms with Crippen molar-refractivity contribution in [3.05, 3.63) is 52.3 Å². The fourth-order valence-corrected chi connectivity index (χ4v) is 4.25. The zero-order valence-electron chi connectivity index (χ0n) is 14.6. The fraction of sp³-hybridized carbons (Fsp3) is 0.500. The van der Waals surface area contributed by atoms with Gasteiger partial charge >= 0.3 is 0 Å². The first-order valence-corrected chi connectivity index (χ1v) is 9.53. The van der Waals surface area contributed by atoms with Gasteiger partial charge in [0.05, 0.1) is 17.7 Å². The van der Waals surface area contributed by atoms with Gasteiger partial charge in [-0.3, -0.25) is 9.48 Å². The predicted molar refractivity (Wildman–Crippen MR) is 98.6 cm³/mol. The van der Waals surface area contributed by atoms with E-state index in [0.29, 0.717) is 17.5 Å². The van der Waals surface area contributed by atoms with Gasteiger partial charge in [-0.2, -0.15) is 5.10 Å². The molecular weight excluding hydrogens is 334 g/mol. The minimum Gasteiger partial charge on any atom is -0.350 e. The van der Waals surface area contributed by atoms with E-state index in [-0.39, 0.29) is 5.91 Å². The van der Waals surface area contributed by atoms with E-state index in [4.69, 9.17) is 11.6 Å². The Labute approximate surface area is 153 Å². The Kier molecular flexibility index (Phi) is 4.32. The molecule has 0 saturated heterocycles. The molecule has 5 heteroatoms. The molecule has 0 unspecified atom stereocenters. The van der Waals surface area contributed by atoms with E-state index in [9.17, 15) is 4.79 Å². The number of aryl methyl sites for hydroxylation is 1. The largest absolute Gasteiger partial charge is 0.350 e. The van der Waals surface area contributed by atoms with Crippen LogP contribution >= 0.6 is 11.6 Å². The maximum absolute atomic E-state index is 13.1. The number of halogens is 1. The number of carbonyl (C=O) groups is 1. The minimum absolute atomic E-state index is 0.117. The van der Waals surface area contributed by atoms with Crippen molar-refractivity contribution >= 4 is 17.5 Å². The summed E-state index contributed by atoms with van der Waals surface area (Å²) in [5.74, 6) is 0.781. The summed E-state index contributed by atoms with van der Waals surface area (Å²) in [6.45, 7) is 0.495. The first-order valence-electron chi connectivity index (χ1n) is 9.16. The van der Waals surface area contributed by atoms with Gasteiger partial charge in [-0.15, -0.1) is 0 Å². The number of amides is 1. The number of aromatic nitrogens is 2. The van der Waals surface area contributed by atoms with Crippen molar-refractivity contribution in [1.82, 2.24) is 15.1 Å². The summed E-state index contributed by atoms with van der Waals surface area (Å²) < 4.78 is 1.96. The first kappa shape index (κ1) is 16.6. The first-order chi connectivity index (χ1) is 12.1. The van der Waals surface area contributed by atoms with Gasteiger partial charge in [0, 0.05) is 23.7 Å². The zero-order chi connectivity index (χ0) is 17.4. The highest BCUT2D eigenvalue weighted by molar-refractivity contribution is 6.30. The molecule has 0 atom stereocenters. The van der Waals surface area contributed by atoms with Gasteiger partial charge in [0.2, 0.25) is 5.91 Å². The summed E-state index contributed by atoms with van der Waals surface area (Å²) in [4.78, 5) is 13.1. The Morgan fingerprint density at radius 3 is 2.60 bits per heavy atom. The number of nitrogens with zero attached hydrogens (tertiary/aromatic N) is 2. The van der Waals surface area contributed by atoms with Crippen LogP contribution in [0.2, 0.25) is 5.02 Å². The van der Waals surface area contributed by atoms with Gasteiger partial charge in [0.25, 0.3) is 0 Å². The summed E-state index contributed by atoms with van der Waals surface area (Å²) in [7, 11) is 1.99. The molecule has 1 N–H and O–H groups in total. The molecule has 2 saturated carbocycles. The normalized spacial score (nSPS) is 19.1. The Morgan fingerprint density at radius 1 is 1.28 bits per heavy atom. The van der Waals surface area contributed by atoms with Crippen LogP contribution < -0.4 is 5.32 Å². The lowest BCUT2D eigenvalue weighted by molar-refractivity contribution is -0.126. The Hall–Kier alpha value is -1.81. The topological polar surface area (TPSA) is 46.9 Å². The second-order valence-electron chi connectivity index (χ2n) is 7.44. The lowest BCUT2D eigenvalue weighted by atomic mass is 9.78. The molecular formula is C20H24ClN3O. The third-order valence-corrected chi connectivity index (χ3v) is 5.93. The van der Waals surface area contributed by atoms with E-state index < -0.39 is 5.41 Å². The van der Waals surface area contributed by atoms with E-state index in [1.165, 1.54) is 18.5 Å². The summed E-state index contributed by atoms with van der Waals surface area (Å²) in [5, 5.41) is 8.42. The molecule has 1 aromatic carbocycles. The highest BCUT2D eigenvalue weighted by Crippen LogP contribution is 2.42. The maximum atomic E-state index is 13.1. The molecule has 2 aliphatic carbocycles. The summed E-state index contributed by atoms with van der Waals surface area (Å²) in [6, 6.07) is 9.90. The third-order valence-electron chi connectivity index (χ3n) is 5.68. The average molecular weight is 358 g/mol. The van der Waals surface area contributed by atoms with Crippen LogP contribution in [0.4, 0.5) is 0 Å². The van der Waals surface area contributed by atoms with Gasteiger partial charge in [0.15, 0.2) is 0 Å². The van der Waals surface area contributed by atoms with E-state index in [1.807, 2.05) is 36.0 Å². The van der Waals surface area contributed by atoms with Crippen molar-refractivity contribution in [3.63, 3.8) is 0 Å². The standard InChI is InChI=1S/C20H24ClN3O/c1-24-18(14-4-5-14)12-17(23-24)13-22-19(25)20(10-2-3-11-20)15-6-8-16(21)9-7-15/h6-9,12,14H,2-5,10-11,13H2,1H3,(H,22,25). The SMILES string of the molecule is Cn1nc(CNC(=O)C2(c3ccc(Cl)cc3)CCCC2)cc1C1CC1. The Morgan fingerprint density at radius 2 is 1.96 bits per heavy atom. The smallest absolute Gasteiger partial charge is 0.230 e. The van der Waals surface area contributed by atoms with E-state index in [0.717, 1.165) is 36.9 Å². The number of rotatable bonds is 5. The molecule has 25 heavy (non-hydrogen) atoms. The van der Waals surface area contributed by atoms with Gasteiger partial charge in [0.1, 0.15) is 0 Å². The third kappa shape index (κ3) is 3.20. The average Bonchev–Trinajstić information content (AvgIpc) is 3.20. The highest BCUT2D eigenvalue weighted by atomic mass is 35.5. The fourth-order valence-electron chi connectivity index (χ4n) is 4.13. The van der Waals surface area contributed by atoms with Crippen LogP contribution in [0, 0.1) is 0 Å². The molecule has 0 radical (unpaired) electrons. The summed E-state index contributed by atoms with van der Waals surface area (Å²) >= 11 is 6.02. The van der Waals surface area contributed by atoms with Gasteiger partial charge in [-0.1, -0.05) is 36.6 Å². The molecule has 2 aromatic rings. The van der Waals surface area contributed by atoms with Crippen LogP contribution in [0.1, 0.15) is 61.4 Å². The highest BCUT2D eigenvalue weighted by Gasteiger charge is 2.42. The quantitative estimate of drug-likeness (QED) is 0.876. The van der Waals surface area contributed by atoms with Crippen LogP contribution in [-0.2, 0) is 23.8 Å². The molecule has 4 rings (SSSR count). The maximum Gasteiger partial charge on any atom is 0.230 e. The van der Waals surface area contributed by atoms with E-state index in [2.05, 4.69) is 16.5 Å². The number of hydrogen-bond donors (Lipinski definition) is 1. The molecule has 0 aliphatic heterocycles. The van der Waals surface area contributed by atoms with Crippen molar-refractivity contribution in [2.45, 2.75) is 56.4 Å². The number of nitrogens with one attached hydrogen (secondary N) is 1. The van der Waals surface area contributed by atoms with Crippen molar-refractivity contribution in [1.29, 1.82) is 0 Å². The second-order valence-corrected chi connectivity index (χ2v) is 7.87. The Bertz CT molecular complexity index is 771.